The number of hydrogen-bond donors (Lipinski definition) is 2. The summed E-state index contributed by atoms with van der Waals surface area (Å²) >= 11 is 0. The van der Waals surface area contributed by atoms with Crippen molar-refractivity contribution in [2.75, 3.05) is 39.9 Å². The second kappa shape index (κ2) is 10.9. The third kappa shape index (κ3) is 6.66. The lowest BCUT2D eigenvalue weighted by molar-refractivity contribution is -0.129. The number of rotatable bonds is 5. The van der Waals surface area contributed by atoms with Gasteiger partial charge in [0.05, 0.1) is 13.2 Å². The quantitative estimate of drug-likeness (QED) is 0.297. The molecule has 2 N–H and O–H groups in total. The van der Waals surface area contributed by atoms with E-state index >= 15 is 0 Å². The molecule has 23 heavy (non-hydrogen) atoms. The third-order valence-electron chi connectivity index (χ3n) is 4.20. The van der Waals surface area contributed by atoms with Crippen LogP contribution in [0.3, 0.4) is 0 Å². The molecule has 2 aliphatic rings. The summed E-state index contributed by atoms with van der Waals surface area (Å²) in [5.41, 5.74) is 1.45. The SMILES string of the molecule is CCC(=O)N1CCC(NC(=NC)NCCC2=CCOCC2)C1.I. The molecule has 1 saturated heterocycles. The van der Waals surface area contributed by atoms with Gasteiger partial charge in [0.1, 0.15) is 0 Å². The number of hydrogen-bond acceptors (Lipinski definition) is 3. The van der Waals surface area contributed by atoms with Crippen LogP contribution in [-0.4, -0.2) is 62.7 Å². The molecule has 0 aromatic heterocycles. The molecule has 0 spiro atoms. The highest BCUT2D eigenvalue weighted by Crippen LogP contribution is 2.11. The smallest absolute Gasteiger partial charge is 0.222 e. The largest absolute Gasteiger partial charge is 0.377 e. The normalized spacial score (nSPS) is 21.5. The summed E-state index contributed by atoms with van der Waals surface area (Å²) in [4.78, 5) is 17.9. The zero-order valence-corrected chi connectivity index (χ0v) is 16.5. The third-order valence-corrected chi connectivity index (χ3v) is 4.20. The van der Waals surface area contributed by atoms with Gasteiger partial charge in [0.15, 0.2) is 5.96 Å². The lowest BCUT2D eigenvalue weighted by atomic mass is 10.1. The molecular weight excluding hydrogens is 407 g/mol. The first kappa shape index (κ1) is 20.2. The Morgan fingerprint density at radius 2 is 2.35 bits per heavy atom. The van der Waals surface area contributed by atoms with Crippen molar-refractivity contribution in [1.29, 1.82) is 0 Å². The molecule has 6 nitrogen and oxygen atoms in total. The van der Waals surface area contributed by atoms with Gasteiger partial charge in [0.2, 0.25) is 5.91 Å². The van der Waals surface area contributed by atoms with E-state index in [0.717, 1.165) is 58.1 Å². The van der Waals surface area contributed by atoms with Crippen molar-refractivity contribution in [1.82, 2.24) is 15.5 Å². The zero-order valence-electron chi connectivity index (χ0n) is 14.1. The Labute approximate surface area is 156 Å². The minimum Gasteiger partial charge on any atom is -0.377 e. The van der Waals surface area contributed by atoms with Gasteiger partial charge in [-0.05, 0) is 19.3 Å². The predicted molar refractivity (Wildman–Crippen MR) is 103 cm³/mol. The van der Waals surface area contributed by atoms with Gasteiger partial charge in [-0.1, -0.05) is 18.6 Å². The molecule has 7 heteroatoms. The van der Waals surface area contributed by atoms with Gasteiger partial charge in [-0.3, -0.25) is 9.79 Å². The Hall–Kier alpha value is -0.830. The van der Waals surface area contributed by atoms with Gasteiger partial charge < -0.3 is 20.3 Å². The van der Waals surface area contributed by atoms with E-state index in [4.69, 9.17) is 4.74 Å². The van der Waals surface area contributed by atoms with Gasteiger partial charge in [-0.25, -0.2) is 0 Å². The van der Waals surface area contributed by atoms with Gasteiger partial charge in [0, 0.05) is 39.1 Å². The first-order valence-corrected chi connectivity index (χ1v) is 8.23. The monoisotopic (exact) mass is 436 g/mol. The molecule has 1 unspecified atom stereocenters. The van der Waals surface area contributed by atoms with Crippen LogP contribution < -0.4 is 10.6 Å². The summed E-state index contributed by atoms with van der Waals surface area (Å²) in [6.45, 7) is 5.97. The molecule has 2 rings (SSSR count). The lowest BCUT2D eigenvalue weighted by Crippen LogP contribution is -2.45. The van der Waals surface area contributed by atoms with E-state index in [9.17, 15) is 4.79 Å². The number of aliphatic imine (C=N–C) groups is 1. The Morgan fingerprint density at radius 3 is 3.00 bits per heavy atom. The van der Waals surface area contributed by atoms with E-state index in [-0.39, 0.29) is 29.9 Å². The van der Waals surface area contributed by atoms with Crippen molar-refractivity contribution in [3.8, 4) is 0 Å². The van der Waals surface area contributed by atoms with Crippen LogP contribution in [0, 0.1) is 0 Å². The first-order valence-electron chi connectivity index (χ1n) is 8.23. The van der Waals surface area contributed by atoms with Crippen LogP contribution in [0.4, 0.5) is 0 Å². The highest BCUT2D eigenvalue weighted by atomic mass is 127. The average molecular weight is 436 g/mol. The maximum atomic E-state index is 11.7. The molecule has 0 radical (unpaired) electrons. The highest BCUT2D eigenvalue weighted by molar-refractivity contribution is 14.0. The Kier molecular flexibility index (Phi) is 9.54. The number of nitrogens with one attached hydrogen (secondary N) is 2. The van der Waals surface area contributed by atoms with Crippen LogP contribution in [0.1, 0.15) is 32.6 Å². The minimum atomic E-state index is 0. The predicted octanol–water partition coefficient (Wildman–Crippen LogP) is 1.52. The fourth-order valence-electron chi connectivity index (χ4n) is 2.85. The molecule has 0 bridgehead atoms. The fraction of sp³-hybridized carbons (Fsp3) is 0.750. The topological polar surface area (TPSA) is 66.0 Å². The molecule has 1 atom stereocenters. The van der Waals surface area contributed by atoms with E-state index in [1.807, 2.05) is 11.8 Å². The number of ether oxygens (including phenoxy) is 1. The van der Waals surface area contributed by atoms with Gasteiger partial charge >= 0.3 is 0 Å². The molecular formula is C16H29IN4O2. The van der Waals surface area contributed by atoms with Crippen LogP contribution in [-0.2, 0) is 9.53 Å². The Bertz CT molecular complexity index is 440. The standard InChI is InChI=1S/C16H28N4O2.HI/c1-3-15(21)20-9-5-14(12-20)19-16(17-2)18-8-4-13-6-10-22-11-7-13;/h6,14H,3-5,7-12H2,1-2H3,(H2,17,18,19);1H. The molecule has 2 aliphatic heterocycles. The first-order chi connectivity index (χ1) is 10.7. The molecule has 0 aromatic carbocycles. The molecule has 0 saturated carbocycles. The summed E-state index contributed by atoms with van der Waals surface area (Å²) in [6.07, 6.45) is 5.79. The Balaban J connectivity index is 0.00000264. The summed E-state index contributed by atoms with van der Waals surface area (Å²) in [5, 5.41) is 6.77. The maximum Gasteiger partial charge on any atom is 0.222 e. The number of carbonyl (C=O) groups is 1. The number of guanidine groups is 1. The number of carbonyl (C=O) groups excluding carboxylic acids is 1. The summed E-state index contributed by atoms with van der Waals surface area (Å²) in [7, 11) is 1.78. The van der Waals surface area contributed by atoms with Gasteiger partial charge in [-0.15, -0.1) is 24.0 Å². The van der Waals surface area contributed by atoms with Crippen LogP contribution >= 0.6 is 24.0 Å². The van der Waals surface area contributed by atoms with Crippen LogP contribution in [0.5, 0.6) is 0 Å². The van der Waals surface area contributed by atoms with Crippen molar-refractivity contribution in [3.63, 3.8) is 0 Å². The van der Waals surface area contributed by atoms with E-state index < -0.39 is 0 Å². The van der Waals surface area contributed by atoms with Gasteiger partial charge in [0.25, 0.3) is 0 Å². The zero-order chi connectivity index (χ0) is 15.8. The number of nitrogens with zero attached hydrogens (tertiary/aromatic N) is 2. The van der Waals surface area contributed by atoms with E-state index in [0.29, 0.717) is 12.5 Å². The van der Waals surface area contributed by atoms with Crippen LogP contribution in [0.15, 0.2) is 16.6 Å². The Morgan fingerprint density at radius 1 is 1.52 bits per heavy atom. The van der Waals surface area contributed by atoms with Crippen molar-refractivity contribution < 1.29 is 9.53 Å². The van der Waals surface area contributed by atoms with E-state index in [1.165, 1.54) is 5.57 Å². The van der Waals surface area contributed by atoms with Crippen molar-refractivity contribution >= 4 is 35.8 Å². The summed E-state index contributed by atoms with van der Waals surface area (Å²) < 4.78 is 5.31. The molecule has 2 heterocycles. The molecule has 1 fully saturated rings. The van der Waals surface area contributed by atoms with Gasteiger partial charge in [-0.2, -0.15) is 0 Å². The number of amides is 1. The number of likely N-dealkylation sites (tertiary alicyclic amines) is 1. The second-order valence-corrected chi connectivity index (χ2v) is 5.76. The maximum absolute atomic E-state index is 11.7. The molecule has 0 aromatic rings. The van der Waals surface area contributed by atoms with E-state index in [2.05, 4.69) is 21.7 Å². The van der Waals surface area contributed by atoms with Crippen molar-refractivity contribution in [3.05, 3.63) is 11.6 Å². The summed E-state index contributed by atoms with van der Waals surface area (Å²) in [5.74, 6) is 1.06. The molecule has 132 valence electrons. The summed E-state index contributed by atoms with van der Waals surface area (Å²) in [6, 6.07) is 0.295. The van der Waals surface area contributed by atoms with E-state index in [1.54, 1.807) is 7.05 Å². The molecule has 0 aliphatic carbocycles. The highest BCUT2D eigenvalue weighted by Gasteiger charge is 2.25. The molecule has 1 amide bonds. The van der Waals surface area contributed by atoms with Crippen molar-refractivity contribution in [2.24, 2.45) is 4.99 Å². The number of halogens is 1. The minimum absolute atomic E-state index is 0. The lowest BCUT2D eigenvalue weighted by Gasteiger charge is -2.19. The van der Waals surface area contributed by atoms with Crippen LogP contribution in [0.25, 0.3) is 0 Å². The average Bonchev–Trinajstić information content (AvgIpc) is 3.02. The fourth-order valence-corrected chi connectivity index (χ4v) is 2.85. The van der Waals surface area contributed by atoms with Crippen LogP contribution in [0.2, 0.25) is 0 Å². The second-order valence-electron chi connectivity index (χ2n) is 5.76. The van der Waals surface area contributed by atoms with Crippen molar-refractivity contribution in [2.45, 2.75) is 38.6 Å².